The molecule has 1 saturated heterocycles. The molecule has 4 heterocycles. The van der Waals surface area contributed by atoms with Gasteiger partial charge in [0.25, 0.3) is 11.1 Å². The molecule has 5 rings (SSSR count). The summed E-state index contributed by atoms with van der Waals surface area (Å²) in [6.07, 6.45) is -1.11. The number of hydrogen-bond donors (Lipinski definition) is 1. The van der Waals surface area contributed by atoms with Crippen LogP contribution in [0.5, 0.6) is 5.19 Å². The van der Waals surface area contributed by atoms with E-state index in [-0.39, 0.29) is 27.7 Å². The van der Waals surface area contributed by atoms with Crippen LogP contribution in [0.3, 0.4) is 0 Å². The first-order chi connectivity index (χ1) is 15.3. The highest BCUT2D eigenvalue weighted by Crippen LogP contribution is 2.41. The molecule has 1 aliphatic carbocycles. The lowest BCUT2D eigenvalue weighted by Crippen LogP contribution is -2.38. The molecule has 2 fully saturated rings. The van der Waals surface area contributed by atoms with Crippen LogP contribution in [0.15, 0.2) is 11.4 Å². The number of carbonyl (C=O) groups excluding carboxylic acids is 1. The average molecular weight is 484 g/mol. The van der Waals surface area contributed by atoms with Crippen molar-refractivity contribution < 1.29 is 22.7 Å². The minimum atomic E-state index is -4.54. The molecular weight excluding hydrogens is 463 g/mol. The summed E-state index contributed by atoms with van der Waals surface area (Å²) in [5, 5.41) is 4.44. The lowest BCUT2D eigenvalue weighted by Gasteiger charge is -2.32. The van der Waals surface area contributed by atoms with Gasteiger partial charge >= 0.3 is 6.18 Å². The second kappa shape index (κ2) is 8.14. The summed E-state index contributed by atoms with van der Waals surface area (Å²) in [4.78, 5) is 22.8. The SMILES string of the molecule is CNC(=O)c1csc2c(C(F)(F)F)cc(N3CCC(Oc4nc(C5CC5)ns4)CC3)nc12. The fraction of sp³-hybridized carbons (Fsp3) is 0.500. The van der Waals surface area contributed by atoms with Gasteiger partial charge in [-0.15, -0.1) is 11.3 Å². The standard InChI is InChI=1S/C20H20F3N5O2S2/c1-24-18(29)12-9-31-16-13(20(21,22)23)8-14(25-15(12)16)28-6-4-11(5-7-28)30-19-26-17(27-32-19)10-2-3-10/h8-11H,2-7H2,1H3,(H,24,29). The maximum Gasteiger partial charge on any atom is 0.417 e. The summed E-state index contributed by atoms with van der Waals surface area (Å²) in [6, 6.07) is 1.08. The van der Waals surface area contributed by atoms with Gasteiger partial charge in [0.1, 0.15) is 17.7 Å². The molecule has 0 atom stereocenters. The van der Waals surface area contributed by atoms with Crippen molar-refractivity contribution in [1.29, 1.82) is 0 Å². The molecule has 170 valence electrons. The number of rotatable bonds is 5. The van der Waals surface area contributed by atoms with E-state index in [1.54, 1.807) is 0 Å². The third-order valence-corrected chi connectivity index (χ3v) is 7.31. The minimum Gasteiger partial charge on any atom is -0.466 e. The fourth-order valence-corrected chi connectivity index (χ4v) is 5.48. The zero-order valence-electron chi connectivity index (χ0n) is 17.1. The third-order valence-electron chi connectivity index (χ3n) is 5.69. The molecule has 1 amide bonds. The first-order valence-corrected chi connectivity index (χ1v) is 12.0. The molecule has 1 aliphatic heterocycles. The number of nitrogens with zero attached hydrogens (tertiary/aromatic N) is 4. The highest BCUT2D eigenvalue weighted by atomic mass is 32.1. The summed E-state index contributed by atoms with van der Waals surface area (Å²) in [5.41, 5.74) is -0.530. The van der Waals surface area contributed by atoms with Crippen molar-refractivity contribution in [2.24, 2.45) is 0 Å². The van der Waals surface area contributed by atoms with Crippen LogP contribution in [0.1, 0.15) is 53.3 Å². The number of ether oxygens (including phenoxy) is 1. The number of halogens is 3. The van der Waals surface area contributed by atoms with E-state index in [1.165, 1.54) is 24.0 Å². The van der Waals surface area contributed by atoms with Gasteiger partial charge in [-0.25, -0.2) is 4.98 Å². The number of thiophene rings is 1. The van der Waals surface area contributed by atoms with Crippen molar-refractivity contribution in [3.8, 4) is 5.19 Å². The van der Waals surface area contributed by atoms with Gasteiger partial charge in [-0.05, 0) is 18.9 Å². The number of hydrogen-bond acceptors (Lipinski definition) is 8. The number of pyridine rings is 1. The van der Waals surface area contributed by atoms with Crippen LogP contribution >= 0.6 is 22.9 Å². The second-order valence-corrected chi connectivity index (χ2v) is 9.52. The van der Waals surface area contributed by atoms with E-state index >= 15 is 0 Å². The van der Waals surface area contributed by atoms with Gasteiger partial charge in [-0.3, -0.25) is 4.79 Å². The molecule has 3 aromatic heterocycles. The summed E-state index contributed by atoms with van der Waals surface area (Å²) in [7, 11) is 1.44. The van der Waals surface area contributed by atoms with Crippen molar-refractivity contribution in [2.75, 3.05) is 25.0 Å². The Balaban J connectivity index is 1.35. The largest absolute Gasteiger partial charge is 0.466 e. The quantitative estimate of drug-likeness (QED) is 0.578. The van der Waals surface area contributed by atoms with E-state index in [0.717, 1.165) is 36.1 Å². The van der Waals surface area contributed by atoms with Gasteiger partial charge in [0.2, 0.25) is 0 Å². The van der Waals surface area contributed by atoms with E-state index in [1.807, 2.05) is 4.90 Å². The van der Waals surface area contributed by atoms with Gasteiger partial charge in [0.15, 0.2) is 0 Å². The number of anilines is 1. The van der Waals surface area contributed by atoms with Crippen LogP contribution in [-0.2, 0) is 6.18 Å². The maximum atomic E-state index is 13.8. The van der Waals surface area contributed by atoms with Crippen molar-refractivity contribution in [3.05, 3.63) is 28.4 Å². The monoisotopic (exact) mass is 483 g/mol. The van der Waals surface area contributed by atoms with Crippen molar-refractivity contribution in [1.82, 2.24) is 19.7 Å². The Labute approximate surface area is 189 Å². The smallest absolute Gasteiger partial charge is 0.417 e. The zero-order chi connectivity index (χ0) is 22.5. The normalized spacial score (nSPS) is 17.7. The van der Waals surface area contributed by atoms with Gasteiger partial charge in [-0.1, -0.05) is 0 Å². The van der Waals surface area contributed by atoms with E-state index in [2.05, 4.69) is 19.7 Å². The Morgan fingerprint density at radius 2 is 1.97 bits per heavy atom. The Morgan fingerprint density at radius 3 is 2.62 bits per heavy atom. The fourth-order valence-electron chi connectivity index (χ4n) is 3.78. The lowest BCUT2D eigenvalue weighted by atomic mass is 10.1. The topological polar surface area (TPSA) is 80.2 Å². The summed E-state index contributed by atoms with van der Waals surface area (Å²) >= 11 is 2.13. The Bertz CT molecular complexity index is 1150. The van der Waals surface area contributed by atoms with Crippen LogP contribution < -0.4 is 15.0 Å². The number of piperidine rings is 1. The first kappa shape index (κ1) is 21.4. The van der Waals surface area contributed by atoms with E-state index in [4.69, 9.17) is 4.74 Å². The molecule has 0 unspecified atom stereocenters. The number of nitrogens with one attached hydrogen (secondary N) is 1. The Kier molecular flexibility index (Phi) is 5.44. The molecule has 0 bridgehead atoms. The highest BCUT2D eigenvalue weighted by molar-refractivity contribution is 7.17. The molecule has 3 aromatic rings. The molecule has 32 heavy (non-hydrogen) atoms. The van der Waals surface area contributed by atoms with Crippen LogP contribution in [0.4, 0.5) is 19.0 Å². The van der Waals surface area contributed by atoms with Crippen molar-refractivity contribution in [3.63, 3.8) is 0 Å². The Hall–Kier alpha value is -2.47. The first-order valence-electron chi connectivity index (χ1n) is 10.3. The van der Waals surface area contributed by atoms with Crippen LogP contribution in [-0.4, -0.2) is 46.5 Å². The highest BCUT2D eigenvalue weighted by Gasteiger charge is 2.36. The molecule has 7 nitrogen and oxygen atoms in total. The summed E-state index contributed by atoms with van der Waals surface area (Å²) < 4.78 is 51.5. The number of carbonyl (C=O) groups is 1. The molecule has 2 aliphatic rings. The predicted molar refractivity (Wildman–Crippen MR) is 116 cm³/mol. The predicted octanol–water partition coefficient (Wildman–Crippen LogP) is 4.45. The maximum absolute atomic E-state index is 13.8. The number of amides is 1. The number of alkyl halides is 3. The van der Waals surface area contributed by atoms with Gasteiger partial charge in [0, 0.05) is 55.8 Å². The van der Waals surface area contributed by atoms with Crippen LogP contribution in [0.25, 0.3) is 10.2 Å². The molecule has 0 aromatic carbocycles. The summed E-state index contributed by atoms with van der Waals surface area (Å²) in [5.74, 6) is 1.08. The molecule has 1 N–H and O–H groups in total. The second-order valence-electron chi connectivity index (χ2n) is 7.93. The van der Waals surface area contributed by atoms with Gasteiger partial charge < -0.3 is 15.0 Å². The number of fused-ring (bicyclic) bond motifs is 1. The molecule has 12 heteroatoms. The number of aromatic nitrogens is 3. The van der Waals surface area contributed by atoms with Gasteiger partial charge in [0.05, 0.1) is 21.3 Å². The lowest BCUT2D eigenvalue weighted by molar-refractivity contribution is -0.136. The van der Waals surface area contributed by atoms with E-state index in [9.17, 15) is 18.0 Å². The molecule has 0 radical (unpaired) electrons. The summed E-state index contributed by atoms with van der Waals surface area (Å²) in [6.45, 7) is 0.988. The van der Waals surface area contributed by atoms with Crippen molar-refractivity contribution in [2.45, 2.75) is 43.9 Å². The minimum absolute atomic E-state index is 0.0270. The van der Waals surface area contributed by atoms with Crippen molar-refractivity contribution >= 4 is 44.8 Å². The zero-order valence-corrected chi connectivity index (χ0v) is 18.7. The Morgan fingerprint density at radius 1 is 1.22 bits per heavy atom. The van der Waals surface area contributed by atoms with Crippen LogP contribution in [0, 0.1) is 0 Å². The third kappa shape index (κ3) is 4.13. The molecule has 0 spiro atoms. The van der Waals surface area contributed by atoms with E-state index in [0.29, 0.717) is 37.0 Å². The molecule has 1 saturated carbocycles. The molecular formula is C20H20F3N5O2S2. The average Bonchev–Trinajstić information content (AvgIpc) is 3.37. The van der Waals surface area contributed by atoms with E-state index < -0.39 is 17.6 Å². The van der Waals surface area contributed by atoms with Crippen LogP contribution in [0.2, 0.25) is 0 Å². The van der Waals surface area contributed by atoms with Gasteiger partial charge in [-0.2, -0.15) is 22.5 Å².